The Kier molecular flexibility index (Phi) is 34.7. The lowest BCUT2D eigenvalue weighted by Gasteiger charge is -2.41. The Morgan fingerprint density at radius 2 is 0.885 bits per heavy atom. The predicted octanol–water partition coefficient (Wildman–Crippen LogP) is 9.17. The molecule has 0 aromatic heterocycles. The summed E-state index contributed by atoms with van der Waals surface area (Å²) in [5.74, 6) is -1.14. The molecule has 1 saturated carbocycles. The fourth-order valence-corrected chi connectivity index (χ4v) is 7.79. The SMILES string of the molecule is CCCCCC=CCC=CCC=CCCCCCCC(=O)O[C@H](COC(=O)CCCCCCCC=CCCCCCCCC)COP(=O)(O)OC1C(O)C(O)C(O)[C@@H](O)C1O. The fraction of sp³-hybridized carbons (Fsp3) is 0.787. The number of phosphoric acid groups is 1. The molecule has 6 N–H and O–H groups in total. The molecule has 0 amide bonds. The lowest BCUT2D eigenvalue weighted by atomic mass is 9.85. The van der Waals surface area contributed by atoms with Gasteiger partial charge in [-0.3, -0.25) is 18.6 Å². The normalized spacial score (nSPS) is 22.4. The molecule has 0 bridgehead atoms. The zero-order chi connectivity index (χ0) is 45.0. The van der Waals surface area contributed by atoms with Crippen molar-refractivity contribution in [2.24, 2.45) is 0 Å². The molecular formula is C47H83O13P. The Labute approximate surface area is 367 Å². The Hall–Kier alpha value is -2.19. The van der Waals surface area contributed by atoms with E-state index in [0.29, 0.717) is 12.8 Å². The van der Waals surface area contributed by atoms with Crippen molar-refractivity contribution < 1.29 is 63.1 Å². The third-order valence-electron chi connectivity index (χ3n) is 10.6. The summed E-state index contributed by atoms with van der Waals surface area (Å²) in [6.07, 6.45) is 30.2. The van der Waals surface area contributed by atoms with Crippen molar-refractivity contribution in [3.05, 3.63) is 48.6 Å². The molecule has 0 aromatic carbocycles. The summed E-state index contributed by atoms with van der Waals surface area (Å²) in [5.41, 5.74) is 0. The quantitative estimate of drug-likeness (QED) is 0.0148. The molecule has 8 atom stereocenters. The van der Waals surface area contributed by atoms with Gasteiger partial charge in [-0.2, -0.15) is 0 Å². The first-order chi connectivity index (χ1) is 29.4. The van der Waals surface area contributed by atoms with Crippen LogP contribution in [0.4, 0.5) is 0 Å². The van der Waals surface area contributed by atoms with Crippen molar-refractivity contribution in [3.8, 4) is 0 Å². The van der Waals surface area contributed by atoms with Crippen LogP contribution in [0.3, 0.4) is 0 Å². The van der Waals surface area contributed by atoms with Crippen LogP contribution in [0.15, 0.2) is 48.6 Å². The monoisotopic (exact) mass is 887 g/mol. The molecule has 0 radical (unpaired) electrons. The first-order valence-corrected chi connectivity index (χ1v) is 24.9. The minimum absolute atomic E-state index is 0.0683. The van der Waals surface area contributed by atoms with Gasteiger partial charge >= 0.3 is 19.8 Å². The van der Waals surface area contributed by atoms with Crippen LogP contribution in [0.1, 0.15) is 181 Å². The van der Waals surface area contributed by atoms with Crippen molar-refractivity contribution in [3.63, 3.8) is 0 Å². The minimum atomic E-state index is -5.13. The average Bonchev–Trinajstić information content (AvgIpc) is 3.24. The Morgan fingerprint density at radius 1 is 0.508 bits per heavy atom. The Balaban J connectivity index is 2.49. The van der Waals surface area contributed by atoms with E-state index in [1.165, 1.54) is 57.8 Å². The van der Waals surface area contributed by atoms with Crippen molar-refractivity contribution in [1.82, 2.24) is 0 Å². The molecule has 0 heterocycles. The molecule has 1 fully saturated rings. The molecule has 354 valence electrons. The van der Waals surface area contributed by atoms with Gasteiger partial charge in [0, 0.05) is 12.8 Å². The van der Waals surface area contributed by atoms with E-state index >= 15 is 0 Å². The van der Waals surface area contributed by atoms with Gasteiger partial charge in [0.1, 0.15) is 43.2 Å². The summed E-state index contributed by atoms with van der Waals surface area (Å²) >= 11 is 0. The van der Waals surface area contributed by atoms with Crippen LogP contribution in [-0.4, -0.2) is 98.3 Å². The maximum atomic E-state index is 12.8. The summed E-state index contributed by atoms with van der Waals surface area (Å²) in [7, 11) is -5.13. The highest BCUT2D eigenvalue weighted by molar-refractivity contribution is 7.47. The van der Waals surface area contributed by atoms with E-state index in [4.69, 9.17) is 18.5 Å². The van der Waals surface area contributed by atoms with Gasteiger partial charge in [-0.1, -0.05) is 140 Å². The molecular weight excluding hydrogens is 803 g/mol. The predicted molar refractivity (Wildman–Crippen MR) is 239 cm³/mol. The van der Waals surface area contributed by atoms with E-state index in [2.05, 4.69) is 62.5 Å². The van der Waals surface area contributed by atoms with Crippen molar-refractivity contribution in [1.29, 1.82) is 0 Å². The number of carbonyl (C=O) groups is 2. The summed E-state index contributed by atoms with van der Waals surface area (Å²) < 4.78 is 33.5. The van der Waals surface area contributed by atoms with Crippen LogP contribution < -0.4 is 0 Å². The topological polar surface area (TPSA) is 210 Å². The molecule has 14 heteroatoms. The van der Waals surface area contributed by atoms with E-state index in [0.717, 1.165) is 83.5 Å². The summed E-state index contributed by atoms with van der Waals surface area (Å²) in [6.45, 7) is 3.24. The maximum absolute atomic E-state index is 12.8. The lowest BCUT2D eigenvalue weighted by Crippen LogP contribution is -2.64. The summed E-state index contributed by atoms with van der Waals surface area (Å²) in [4.78, 5) is 35.7. The second-order valence-corrected chi connectivity index (χ2v) is 17.7. The molecule has 0 spiro atoms. The number of hydrogen-bond donors (Lipinski definition) is 6. The molecule has 1 rings (SSSR count). The van der Waals surface area contributed by atoms with Crippen LogP contribution in [0.2, 0.25) is 0 Å². The number of unbranched alkanes of at least 4 members (excludes halogenated alkanes) is 18. The number of carbonyl (C=O) groups excluding carboxylic acids is 2. The van der Waals surface area contributed by atoms with Crippen LogP contribution in [-0.2, 0) is 32.7 Å². The molecule has 1 aliphatic rings. The number of hydrogen-bond acceptors (Lipinski definition) is 12. The van der Waals surface area contributed by atoms with Gasteiger partial charge < -0.3 is 39.9 Å². The van der Waals surface area contributed by atoms with E-state index in [1.54, 1.807) is 0 Å². The number of esters is 2. The molecule has 0 aliphatic heterocycles. The minimum Gasteiger partial charge on any atom is -0.462 e. The van der Waals surface area contributed by atoms with Crippen molar-refractivity contribution >= 4 is 19.8 Å². The number of allylic oxidation sites excluding steroid dienone is 8. The van der Waals surface area contributed by atoms with Gasteiger partial charge in [0.2, 0.25) is 0 Å². The van der Waals surface area contributed by atoms with E-state index in [9.17, 15) is 44.6 Å². The molecule has 61 heavy (non-hydrogen) atoms. The van der Waals surface area contributed by atoms with Gasteiger partial charge in [0.15, 0.2) is 6.10 Å². The number of rotatable bonds is 38. The van der Waals surface area contributed by atoms with E-state index < -0.39 is 75.7 Å². The van der Waals surface area contributed by atoms with Gasteiger partial charge in [-0.25, -0.2) is 4.57 Å². The first-order valence-electron chi connectivity index (χ1n) is 23.4. The number of aliphatic hydroxyl groups is 5. The lowest BCUT2D eigenvalue weighted by molar-refractivity contribution is -0.220. The third-order valence-corrected chi connectivity index (χ3v) is 11.6. The summed E-state index contributed by atoms with van der Waals surface area (Å²) in [6, 6.07) is 0. The highest BCUT2D eigenvalue weighted by Crippen LogP contribution is 2.47. The number of phosphoric ester groups is 1. The fourth-order valence-electron chi connectivity index (χ4n) is 6.82. The zero-order valence-electron chi connectivity index (χ0n) is 37.4. The Morgan fingerprint density at radius 3 is 1.39 bits per heavy atom. The van der Waals surface area contributed by atoms with Crippen molar-refractivity contribution in [2.45, 2.75) is 224 Å². The second kappa shape index (κ2) is 37.2. The van der Waals surface area contributed by atoms with Crippen molar-refractivity contribution in [2.75, 3.05) is 13.2 Å². The standard InChI is InChI=1S/C47H83O13P/c1-3-5-7-9-11-13-15-17-19-20-22-24-26-28-30-32-34-36-41(49)59-39(38-58-61(55,56)60-47-45(53)43(51)42(50)44(52)46(47)54)37-57-40(48)35-33-31-29-27-25-23-21-18-16-14-12-10-8-6-4-2/h11,13,17-19,21-22,24,39,42-47,50-54H,3-10,12,14-16,20,23,25-38H2,1-2H3,(H,55,56)/t39-,42?,43-,44?,45?,46?,47?/m1/s1. The van der Waals surface area contributed by atoms with E-state index in [1.807, 2.05) is 0 Å². The third kappa shape index (κ3) is 29.7. The smallest absolute Gasteiger partial charge is 0.462 e. The second-order valence-electron chi connectivity index (χ2n) is 16.3. The molecule has 13 nitrogen and oxygen atoms in total. The average molecular weight is 887 g/mol. The van der Waals surface area contributed by atoms with Crippen LogP contribution in [0.5, 0.6) is 0 Å². The highest BCUT2D eigenvalue weighted by Gasteiger charge is 2.51. The number of ether oxygens (including phenoxy) is 2. The van der Waals surface area contributed by atoms with Gasteiger partial charge in [0.05, 0.1) is 6.61 Å². The van der Waals surface area contributed by atoms with Gasteiger partial charge in [-0.05, 0) is 77.0 Å². The zero-order valence-corrected chi connectivity index (χ0v) is 38.3. The largest absolute Gasteiger partial charge is 0.472 e. The molecule has 0 aromatic rings. The first kappa shape index (κ1) is 56.8. The number of aliphatic hydroxyl groups excluding tert-OH is 5. The van der Waals surface area contributed by atoms with Crippen LogP contribution in [0.25, 0.3) is 0 Å². The van der Waals surface area contributed by atoms with E-state index in [-0.39, 0.29) is 12.8 Å². The summed E-state index contributed by atoms with van der Waals surface area (Å²) in [5, 5.41) is 50.1. The molecule has 6 unspecified atom stereocenters. The molecule has 1 aliphatic carbocycles. The Bertz CT molecular complexity index is 1250. The highest BCUT2D eigenvalue weighted by atomic mass is 31.2. The maximum Gasteiger partial charge on any atom is 0.472 e. The van der Waals surface area contributed by atoms with Gasteiger partial charge in [-0.15, -0.1) is 0 Å². The van der Waals surface area contributed by atoms with Gasteiger partial charge in [0.25, 0.3) is 0 Å². The van der Waals surface area contributed by atoms with Crippen LogP contribution in [0, 0.1) is 0 Å². The van der Waals surface area contributed by atoms with Crippen LogP contribution >= 0.6 is 7.82 Å². The molecule has 0 saturated heterocycles.